The second-order valence-electron chi connectivity index (χ2n) is 5.31. The number of hydrogen-bond acceptors (Lipinski definition) is 6. The van der Waals surface area contributed by atoms with Gasteiger partial charge in [0.15, 0.2) is 5.76 Å². The van der Waals surface area contributed by atoms with Gasteiger partial charge in [0.25, 0.3) is 0 Å². The topological polar surface area (TPSA) is 67.8 Å². The Morgan fingerprint density at radius 2 is 2.16 bits per heavy atom. The molecule has 0 bridgehead atoms. The van der Waals surface area contributed by atoms with E-state index in [9.17, 15) is 0 Å². The first-order valence-corrected chi connectivity index (χ1v) is 7.04. The smallest absolute Gasteiger partial charge is 0.151 e. The van der Waals surface area contributed by atoms with Gasteiger partial charge in [-0.3, -0.25) is 9.80 Å². The molecule has 6 heteroatoms. The van der Waals surface area contributed by atoms with E-state index in [1.807, 2.05) is 6.07 Å². The third kappa shape index (κ3) is 3.14. The zero-order valence-electron chi connectivity index (χ0n) is 11.3. The summed E-state index contributed by atoms with van der Waals surface area (Å²) in [7, 11) is 0. The monoisotopic (exact) mass is 266 g/mol. The Bertz CT molecular complexity index is 403. The van der Waals surface area contributed by atoms with E-state index >= 15 is 0 Å². The average molecular weight is 266 g/mol. The minimum Gasteiger partial charge on any atom is -0.379 e. The predicted molar refractivity (Wildman–Crippen MR) is 70.5 cm³/mol. The SMILES string of the molecule is NCc1cc(CN2CCC(N3CCOCC3)C2)on1. The van der Waals surface area contributed by atoms with Crippen LogP contribution in [0.5, 0.6) is 0 Å². The number of likely N-dealkylation sites (tertiary alicyclic amines) is 1. The summed E-state index contributed by atoms with van der Waals surface area (Å²) in [4.78, 5) is 4.98. The molecule has 0 aromatic carbocycles. The molecule has 0 spiro atoms. The van der Waals surface area contributed by atoms with E-state index in [4.69, 9.17) is 15.0 Å². The molecule has 1 aromatic heterocycles. The summed E-state index contributed by atoms with van der Waals surface area (Å²) >= 11 is 0. The molecule has 0 amide bonds. The first kappa shape index (κ1) is 13.1. The van der Waals surface area contributed by atoms with Crippen molar-refractivity contribution in [2.24, 2.45) is 5.73 Å². The molecule has 1 aromatic rings. The lowest BCUT2D eigenvalue weighted by Crippen LogP contribution is -2.44. The first-order chi connectivity index (χ1) is 9.35. The third-order valence-electron chi connectivity index (χ3n) is 4.01. The van der Waals surface area contributed by atoms with E-state index in [0.29, 0.717) is 12.6 Å². The molecule has 3 rings (SSSR count). The Labute approximate surface area is 113 Å². The van der Waals surface area contributed by atoms with E-state index in [2.05, 4.69) is 15.0 Å². The van der Waals surface area contributed by atoms with Crippen LogP contribution in [-0.4, -0.2) is 60.4 Å². The van der Waals surface area contributed by atoms with E-state index in [1.165, 1.54) is 6.42 Å². The number of rotatable bonds is 4. The predicted octanol–water partition coefficient (Wildman–Crippen LogP) is 0.0398. The molecular formula is C13H22N4O2. The van der Waals surface area contributed by atoms with E-state index in [-0.39, 0.29) is 0 Å². The van der Waals surface area contributed by atoms with Crippen molar-refractivity contribution in [2.45, 2.75) is 25.6 Å². The molecule has 3 heterocycles. The van der Waals surface area contributed by atoms with Crippen LogP contribution in [0.4, 0.5) is 0 Å². The fourth-order valence-electron chi connectivity index (χ4n) is 2.94. The van der Waals surface area contributed by atoms with Crippen molar-refractivity contribution >= 4 is 0 Å². The molecule has 0 aliphatic carbocycles. The van der Waals surface area contributed by atoms with Crippen LogP contribution in [0.2, 0.25) is 0 Å². The Morgan fingerprint density at radius 3 is 2.89 bits per heavy atom. The Kier molecular flexibility index (Phi) is 4.12. The first-order valence-electron chi connectivity index (χ1n) is 7.04. The highest BCUT2D eigenvalue weighted by molar-refractivity contribution is 5.05. The van der Waals surface area contributed by atoms with Crippen molar-refractivity contribution in [3.8, 4) is 0 Å². The summed E-state index contributed by atoms with van der Waals surface area (Å²) in [5, 5.41) is 3.93. The zero-order chi connectivity index (χ0) is 13.1. The maximum Gasteiger partial charge on any atom is 0.151 e. The summed E-state index contributed by atoms with van der Waals surface area (Å²) in [6.45, 7) is 7.40. The molecule has 2 fully saturated rings. The minimum absolute atomic E-state index is 0.444. The van der Waals surface area contributed by atoms with E-state index in [1.54, 1.807) is 0 Å². The van der Waals surface area contributed by atoms with E-state index in [0.717, 1.165) is 57.4 Å². The number of morpholine rings is 1. The van der Waals surface area contributed by atoms with Crippen LogP contribution >= 0.6 is 0 Å². The Morgan fingerprint density at radius 1 is 1.32 bits per heavy atom. The number of aromatic nitrogens is 1. The van der Waals surface area contributed by atoms with Gasteiger partial charge in [0.1, 0.15) is 0 Å². The highest BCUT2D eigenvalue weighted by Crippen LogP contribution is 2.19. The van der Waals surface area contributed by atoms with Crippen molar-refractivity contribution in [3.05, 3.63) is 17.5 Å². The second kappa shape index (κ2) is 6.00. The van der Waals surface area contributed by atoms with Gasteiger partial charge in [-0.05, 0) is 6.42 Å². The van der Waals surface area contributed by atoms with Crippen LogP contribution in [0.25, 0.3) is 0 Å². The summed E-state index contributed by atoms with van der Waals surface area (Å²) in [6, 6.07) is 2.63. The lowest BCUT2D eigenvalue weighted by Gasteiger charge is -2.32. The number of nitrogens with two attached hydrogens (primary N) is 1. The van der Waals surface area contributed by atoms with Crippen molar-refractivity contribution in [1.82, 2.24) is 15.0 Å². The summed E-state index contributed by atoms with van der Waals surface area (Å²) in [5.74, 6) is 0.920. The number of ether oxygens (including phenoxy) is 1. The van der Waals surface area contributed by atoms with Gasteiger partial charge in [-0.25, -0.2) is 0 Å². The maximum absolute atomic E-state index is 5.54. The van der Waals surface area contributed by atoms with Crippen molar-refractivity contribution in [1.29, 1.82) is 0 Å². The van der Waals surface area contributed by atoms with Crippen molar-refractivity contribution in [2.75, 3.05) is 39.4 Å². The molecule has 6 nitrogen and oxygen atoms in total. The largest absolute Gasteiger partial charge is 0.379 e. The fraction of sp³-hybridized carbons (Fsp3) is 0.769. The van der Waals surface area contributed by atoms with Crippen LogP contribution in [0, 0.1) is 0 Å². The number of nitrogens with zero attached hydrogens (tertiary/aromatic N) is 3. The molecule has 2 N–H and O–H groups in total. The molecule has 0 radical (unpaired) electrons. The third-order valence-corrected chi connectivity index (χ3v) is 4.01. The van der Waals surface area contributed by atoms with Gasteiger partial charge in [-0.1, -0.05) is 5.16 Å². The second-order valence-corrected chi connectivity index (χ2v) is 5.31. The lowest BCUT2D eigenvalue weighted by molar-refractivity contribution is 0.0182. The minimum atomic E-state index is 0.444. The standard InChI is InChI=1S/C13H22N4O2/c14-8-11-7-13(19-15-11)10-16-2-1-12(9-16)17-3-5-18-6-4-17/h7,12H,1-6,8-10,14H2. The average Bonchev–Trinajstić information content (AvgIpc) is 3.09. The van der Waals surface area contributed by atoms with Crippen molar-refractivity contribution in [3.63, 3.8) is 0 Å². The van der Waals surface area contributed by atoms with Crippen molar-refractivity contribution < 1.29 is 9.26 Å². The molecule has 2 aliphatic rings. The van der Waals surface area contributed by atoms with E-state index < -0.39 is 0 Å². The molecule has 2 saturated heterocycles. The summed E-state index contributed by atoms with van der Waals surface area (Å²) < 4.78 is 10.7. The van der Waals surface area contributed by atoms with Gasteiger partial charge >= 0.3 is 0 Å². The van der Waals surface area contributed by atoms with Crippen LogP contribution in [-0.2, 0) is 17.8 Å². The lowest BCUT2D eigenvalue weighted by atomic mass is 10.2. The van der Waals surface area contributed by atoms with Gasteiger partial charge in [-0.2, -0.15) is 0 Å². The highest BCUT2D eigenvalue weighted by atomic mass is 16.5. The highest BCUT2D eigenvalue weighted by Gasteiger charge is 2.29. The van der Waals surface area contributed by atoms with Crippen LogP contribution < -0.4 is 5.73 Å². The van der Waals surface area contributed by atoms with Gasteiger partial charge in [0, 0.05) is 44.8 Å². The Hall–Kier alpha value is -0.950. The molecule has 0 saturated carbocycles. The van der Waals surface area contributed by atoms with Crippen LogP contribution in [0.3, 0.4) is 0 Å². The summed E-state index contributed by atoms with van der Waals surface area (Å²) in [5.41, 5.74) is 6.37. The van der Waals surface area contributed by atoms with Gasteiger partial charge in [0.05, 0.1) is 25.5 Å². The number of hydrogen-bond donors (Lipinski definition) is 1. The molecule has 19 heavy (non-hydrogen) atoms. The summed E-state index contributed by atoms with van der Waals surface area (Å²) in [6.07, 6.45) is 1.23. The van der Waals surface area contributed by atoms with Gasteiger partial charge in [0.2, 0.25) is 0 Å². The molecule has 2 aliphatic heterocycles. The normalized spacial score (nSPS) is 26.1. The maximum atomic E-state index is 5.54. The van der Waals surface area contributed by atoms with Gasteiger partial charge in [-0.15, -0.1) is 0 Å². The fourth-order valence-corrected chi connectivity index (χ4v) is 2.94. The molecule has 1 atom stereocenters. The Balaban J connectivity index is 1.51. The molecular weight excluding hydrogens is 244 g/mol. The van der Waals surface area contributed by atoms with Crippen LogP contribution in [0.1, 0.15) is 17.9 Å². The molecule has 106 valence electrons. The quantitative estimate of drug-likeness (QED) is 0.830. The van der Waals surface area contributed by atoms with Crippen LogP contribution in [0.15, 0.2) is 10.6 Å². The van der Waals surface area contributed by atoms with Gasteiger partial charge < -0.3 is 15.0 Å². The zero-order valence-corrected chi connectivity index (χ0v) is 11.3. The molecule has 1 unspecified atom stereocenters.